The first-order chi connectivity index (χ1) is 10.2. The Morgan fingerprint density at radius 1 is 1.33 bits per heavy atom. The summed E-state index contributed by atoms with van der Waals surface area (Å²) in [6, 6.07) is 10.0. The summed E-state index contributed by atoms with van der Waals surface area (Å²) >= 11 is 0. The molecule has 0 aliphatic rings. The lowest BCUT2D eigenvalue weighted by molar-refractivity contribution is 0.112. The van der Waals surface area contributed by atoms with Crippen LogP contribution in [0.1, 0.15) is 21.5 Å². The van der Waals surface area contributed by atoms with E-state index in [1.807, 2.05) is 6.07 Å². The van der Waals surface area contributed by atoms with Crippen molar-refractivity contribution >= 4 is 17.3 Å². The number of hydrogen-bond donors (Lipinski definition) is 0. The lowest BCUT2D eigenvalue weighted by Crippen LogP contribution is -2.02. The van der Waals surface area contributed by atoms with E-state index in [4.69, 9.17) is 5.26 Å². The van der Waals surface area contributed by atoms with Gasteiger partial charge in [-0.2, -0.15) is 5.26 Å². The number of aldehydes is 1. The van der Waals surface area contributed by atoms with Crippen LogP contribution >= 0.6 is 0 Å². The Kier molecular flexibility index (Phi) is 3.20. The van der Waals surface area contributed by atoms with E-state index in [-0.39, 0.29) is 12.1 Å². The molecule has 2 heterocycles. The highest BCUT2D eigenvalue weighted by molar-refractivity contribution is 5.95. The molecule has 5 heteroatoms. The number of hydrogen-bond acceptors (Lipinski definition) is 3. The fraction of sp³-hybridized carbons (Fsp3) is 0.0625. The van der Waals surface area contributed by atoms with Crippen molar-refractivity contribution in [3.8, 4) is 6.07 Å². The lowest BCUT2D eigenvalue weighted by Gasteiger charge is -2.06. The number of nitrogens with zero attached hydrogens (tertiary/aromatic N) is 3. The SMILES string of the molecule is N#Cc1cccc(Cn2cc(C=O)c3cccnc32)c1F. The molecule has 0 aliphatic heterocycles. The average molecular weight is 279 g/mol. The third-order valence-corrected chi connectivity index (χ3v) is 3.33. The standard InChI is InChI=1S/C16H10FN3O/c17-15-11(7-18)3-1-4-12(15)8-20-9-13(10-21)14-5-2-6-19-16(14)20/h1-6,9-10H,8H2. The second-order valence-corrected chi connectivity index (χ2v) is 4.60. The maximum Gasteiger partial charge on any atom is 0.152 e. The molecular formula is C16H10FN3O. The minimum absolute atomic E-state index is 0.00697. The molecule has 4 nitrogen and oxygen atoms in total. The topological polar surface area (TPSA) is 58.7 Å². The number of carbonyl (C=O) groups is 1. The Morgan fingerprint density at radius 2 is 2.19 bits per heavy atom. The molecule has 0 radical (unpaired) electrons. The number of fused-ring (bicyclic) bond motifs is 1. The van der Waals surface area contributed by atoms with Gasteiger partial charge in [-0.15, -0.1) is 0 Å². The predicted molar refractivity (Wildman–Crippen MR) is 75.3 cm³/mol. The van der Waals surface area contributed by atoms with E-state index < -0.39 is 5.82 Å². The van der Waals surface area contributed by atoms with Crippen LogP contribution in [-0.4, -0.2) is 15.8 Å². The molecule has 0 atom stereocenters. The number of nitriles is 1. The van der Waals surface area contributed by atoms with E-state index in [1.165, 1.54) is 6.07 Å². The summed E-state index contributed by atoms with van der Waals surface area (Å²) in [4.78, 5) is 15.3. The van der Waals surface area contributed by atoms with Gasteiger partial charge in [0.05, 0.1) is 12.1 Å². The molecule has 0 unspecified atom stereocenters. The first kappa shape index (κ1) is 13.0. The predicted octanol–water partition coefficient (Wildman–Crippen LogP) is 2.91. The van der Waals surface area contributed by atoms with Gasteiger partial charge in [0.2, 0.25) is 0 Å². The van der Waals surface area contributed by atoms with Crippen molar-refractivity contribution in [3.63, 3.8) is 0 Å². The molecule has 0 fully saturated rings. The number of pyridine rings is 1. The Morgan fingerprint density at radius 3 is 2.95 bits per heavy atom. The Hall–Kier alpha value is -3.00. The van der Waals surface area contributed by atoms with Crippen LogP contribution in [0.2, 0.25) is 0 Å². The largest absolute Gasteiger partial charge is 0.327 e. The highest BCUT2D eigenvalue weighted by Gasteiger charge is 2.12. The van der Waals surface area contributed by atoms with Crippen molar-refractivity contribution in [2.45, 2.75) is 6.54 Å². The third-order valence-electron chi connectivity index (χ3n) is 3.33. The second-order valence-electron chi connectivity index (χ2n) is 4.60. The third kappa shape index (κ3) is 2.17. The van der Waals surface area contributed by atoms with E-state index >= 15 is 0 Å². The van der Waals surface area contributed by atoms with Crippen LogP contribution < -0.4 is 0 Å². The van der Waals surface area contributed by atoms with E-state index in [0.29, 0.717) is 16.8 Å². The molecule has 1 aromatic carbocycles. The molecule has 0 bridgehead atoms. The second kappa shape index (κ2) is 5.17. The molecule has 102 valence electrons. The maximum atomic E-state index is 14.1. The minimum Gasteiger partial charge on any atom is -0.327 e. The summed E-state index contributed by atoms with van der Waals surface area (Å²) in [7, 11) is 0. The summed E-state index contributed by atoms with van der Waals surface area (Å²) in [5.74, 6) is -0.537. The number of rotatable bonds is 3. The van der Waals surface area contributed by atoms with Crippen molar-refractivity contribution < 1.29 is 9.18 Å². The smallest absolute Gasteiger partial charge is 0.152 e. The monoisotopic (exact) mass is 279 g/mol. The van der Waals surface area contributed by atoms with Gasteiger partial charge in [-0.25, -0.2) is 9.37 Å². The average Bonchev–Trinajstić information content (AvgIpc) is 2.87. The zero-order chi connectivity index (χ0) is 14.8. The first-order valence-electron chi connectivity index (χ1n) is 6.31. The van der Waals surface area contributed by atoms with Crippen molar-refractivity contribution in [1.82, 2.24) is 9.55 Å². The number of halogens is 1. The normalized spacial score (nSPS) is 10.5. The lowest BCUT2D eigenvalue weighted by atomic mass is 10.1. The maximum absolute atomic E-state index is 14.1. The first-order valence-corrected chi connectivity index (χ1v) is 6.31. The summed E-state index contributed by atoms with van der Waals surface area (Å²) < 4.78 is 15.8. The van der Waals surface area contributed by atoms with Gasteiger partial charge in [0.15, 0.2) is 6.29 Å². The van der Waals surface area contributed by atoms with E-state index in [1.54, 1.807) is 41.2 Å². The highest BCUT2D eigenvalue weighted by Crippen LogP contribution is 2.20. The van der Waals surface area contributed by atoms with E-state index in [9.17, 15) is 9.18 Å². The van der Waals surface area contributed by atoms with Gasteiger partial charge < -0.3 is 4.57 Å². The van der Waals surface area contributed by atoms with Crippen LogP contribution in [0.15, 0.2) is 42.7 Å². The minimum atomic E-state index is -0.537. The fourth-order valence-electron chi connectivity index (χ4n) is 2.34. The van der Waals surface area contributed by atoms with Gasteiger partial charge in [0.1, 0.15) is 17.5 Å². The van der Waals surface area contributed by atoms with Crippen LogP contribution in [0.5, 0.6) is 0 Å². The molecule has 21 heavy (non-hydrogen) atoms. The Labute approximate surface area is 120 Å². The number of carbonyl (C=O) groups excluding carboxylic acids is 1. The van der Waals surface area contributed by atoms with Gasteiger partial charge in [-0.05, 0) is 18.2 Å². The van der Waals surface area contributed by atoms with Gasteiger partial charge in [-0.3, -0.25) is 4.79 Å². The molecule has 0 spiro atoms. The van der Waals surface area contributed by atoms with Crippen molar-refractivity contribution in [1.29, 1.82) is 5.26 Å². The van der Waals surface area contributed by atoms with Crippen molar-refractivity contribution in [2.24, 2.45) is 0 Å². The highest BCUT2D eigenvalue weighted by atomic mass is 19.1. The van der Waals surface area contributed by atoms with Crippen LogP contribution in [0.4, 0.5) is 4.39 Å². The van der Waals surface area contributed by atoms with E-state index in [0.717, 1.165) is 11.7 Å². The Bertz CT molecular complexity index is 877. The molecule has 0 saturated heterocycles. The molecule has 0 amide bonds. The van der Waals surface area contributed by atoms with Gasteiger partial charge in [-0.1, -0.05) is 12.1 Å². The van der Waals surface area contributed by atoms with Gasteiger partial charge >= 0.3 is 0 Å². The molecule has 0 aliphatic carbocycles. The van der Waals surface area contributed by atoms with Crippen LogP contribution in [0.3, 0.4) is 0 Å². The van der Waals surface area contributed by atoms with Crippen LogP contribution in [0.25, 0.3) is 11.0 Å². The summed E-state index contributed by atoms with van der Waals surface area (Å²) in [6.45, 7) is 0.211. The van der Waals surface area contributed by atoms with Crippen LogP contribution in [-0.2, 0) is 6.54 Å². The van der Waals surface area contributed by atoms with Crippen molar-refractivity contribution in [3.05, 3.63) is 65.2 Å². The summed E-state index contributed by atoms with van der Waals surface area (Å²) in [5, 5.41) is 9.59. The zero-order valence-electron chi connectivity index (χ0n) is 11.0. The molecular weight excluding hydrogens is 269 g/mol. The summed E-state index contributed by atoms with van der Waals surface area (Å²) in [6.07, 6.45) is 4.02. The van der Waals surface area contributed by atoms with Gasteiger partial charge in [0.25, 0.3) is 0 Å². The van der Waals surface area contributed by atoms with Gasteiger partial charge in [0, 0.05) is 28.9 Å². The fourth-order valence-corrected chi connectivity index (χ4v) is 2.34. The Balaban J connectivity index is 2.11. The molecule has 3 rings (SSSR count). The molecule has 3 aromatic rings. The molecule has 0 N–H and O–H groups in total. The number of benzene rings is 1. The quantitative estimate of drug-likeness (QED) is 0.693. The van der Waals surface area contributed by atoms with E-state index in [2.05, 4.69) is 4.98 Å². The zero-order valence-corrected chi connectivity index (χ0v) is 11.0. The summed E-state index contributed by atoms with van der Waals surface area (Å²) in [5.41, 5.74) is 1.51. The number of aromatic nitrogens is 2. The molecule has 0 saturated carbocycles. The van der Waals surface area contributed by atoms with Crippen molar-refractivity contribution in [2.75, 3.05) is 0 Å². The molecule has 2 aromatic heterocycles. The van der Waals surface area contributed by atoms with Crippen LogP contribution in [0, 0.1) is 17.1 Å².